The van der Waals surface area contributed by atoms with Crippen molar-refractivity contribution in [2.24, 2.45) is 0 Å². The number of aliphatic hydroxyl groups is 2. The van der Waals surface area contributed by atoms with Gasteiger partial charge in [-0.1, -0.05) is 28.1 Å². The summed E-state index contributed by atoms with van der Waals surface area (Å²) >= 11 is 3.29. The van der Waals surface area contributed by atoms with E-state index in [2.05, 4.69) is 15.9 Å². The summed E-state index contributed by atoms with van der Waals surface area (Å²) in [5.41, 5.74) is 0.722. The van der Waals surface area contributed by atoms with Gasteiger partial charge in [0.05, 0.1) is 6.10 Å². The average molecular weight is 231 g/mol. The van der Waals surface area contributed by atoms with Crippen molar-refractivity contribution in [3.8, 4) is 0 Å². The Morgan fingerprint density at radius 3 is 2.50 bits per heavy atom. The number of rotatable bonds is 2. The monoisotopic (exact) mass is 230 g/mol. The summed E-state index contributed by atoms with van der Waals surface area (Å²) in [6.07, 6.45) is -1.54. The molecular weight excluding hydrogens is 220 g/mol. The minimum absolute atomic E-state index is 0.722. The van der Waals surface area contributed by atoms with Crippen LogP contribution in [0.25, 0.3) is 0 Å². The van der Waals surface area contributed by atoms with E-state index in [-0.39, 0.29) is 0 Å². The maximum Gasteiger partial charge on any atom is 0.105 e. The van der Waals surface area contributed by atoms with Crippen molar-refractivity contribution in [2.45, 2.75) is 19.1 Å². The van der Waals surface area contributed by atoms with Crippen LogP contribution in [0, 0.1) is 0 Å². The third-order valence-corrected chi connectivity index (χ3v) is 2.14. The zero-order valence-corrected chi connectivity index (χ0v) is 8.32. The molecule has 66 valence electrons. The van der Waals surface area contributed by atoms with Crippen LogP contribution >= 0.6 is 15.9 Å². The van der Waals surface area contributed by atoms with Gasteiger partial charge in [0.15, 0.2) is 0 Å². The van der Waals surface area contributed by atoms with E-state index in [4.69, 9.17) is 5.11 Å². The Balaban J connectivity index is 2.88. The molecule has 2 N–H and O–H groups in total. The summed E-state index contributed by atoms with van der Waals surface area (Å²) in [7, 11) is 0. The van der Waals surface area contributed by atoms with Crippen LogP contribution in [0.5, 0.6) is 0 Å². The quantitative estimate of drug-likeness (QED) is 0.815. The molecule has 0 aromatic heterocycles. The maximum absolute atomic E-state index is 9.45. The second-order valence-electron chi connectivity index (χ2n) is 2.74. The third kappa shape index (κ3) is 2.30. The number of benzene rings is 1. The molecule has 0 radical (unpaired) electrons. The highest BCUT2D eigenvalue weighted by Crippen LogP contribution is 2.20. The maximum atomic E-state index is 9.45. The summed E-state index contributed by atoms with van der Waals surface area (Å²) in [4.78, 5) is 0. The van der Waals surface area contributed by atoms with E-state index < -0.39 is 12.2 Å². The fraction of sp³-hybridized carbons (Fsp3) is 0.333. The van der Waals surface area contributed by atoms with E-state index in [1.54, 1.807) is 19.1 Å². The van der Waals surface area contributed by atoms with E-state index in [1.807, 2.05) is 12.1 Å². The van der Waals surface area contributed by atoms with E-state index in [0.717, 1.165) is 10.0 Å². The molecule has 0 aliphatic carbocycles. The van der Waals surface area contributed by atoms with Crippen LogP contribution in [0.2, 0.25) is 0 Å². The van der Waals surface area contributed by atoms with Gasteiger partial charge >= 0.3 is 0 Å². The lowest BCUT2D eigenvalue weighted by Gasteiger charge is -2.13. The van der Waals surface area contributed by atoms with Crippen LogP contribution in [-0.4, -0.2) is 16.3 Å². The van der Waals surface area contributed by atoms with Crippen LogP contribution in [0.4, 0.5) is 0 Å². The van der Waals surface area contributed by atoms with Crippen LogP contribution in [0.1, 0.15) is 18.6 Å². The standard InChI is InChI=1S/C9H11BrO2/c1-6(11)9(12)7-3-2-4-8(10)5-7/h2-6,9,11-12H,1H3/t6-,9-/m0/s1. The largest absolute Gasteiger partial charge is 0.390 e. The molecule has 0 saturated carbocycles. The first-order valence-electron chi connectivity index (χ1n) is 3.73. The summed E-state index contributed by atoms with van der Waals surface area (Å²) in [5, 5.41) is 18.6. The molecule has 3 heteroatoms. The lowest BCUT2D eigenvalue weighted by molar-refractivity contribution is 0.0305. The Labute approximate surface area is 80.0 Å². The Hall–Kier alpha value is -0.380. The average Bonchev–Trinajstić information content (AvgIpc) is 2.03. The van der Waals surface area contributed by atoms with Crippen LogP contribution in [0.15, 0.2) is 28.7 Å². The van der Waals surface area contributed by atoms with Crippen molar-refractivity contribution in [3.63, 3.8) is 0 Å². The second-order valence-corrected chi connectivity index (χ2v) is 3.66. The minimum Gasteiger partial charge on any atom is -0.390 e. The molecule has 0 fully saturated rings. The van der Waals surface area contributed by atoms with E-state index in [0.29, 0.717) is 0 Å². The van der Waals surface area contributed by atoms with E-state index in [9.17, 15) is 5.11 Å². The van der Waals surface area contributed by atoms with Gasteiger partial charge in [0.1, 0.15) is 6.10 Å². The molecule has 0 amide bonds. The third-order valence-electron chi connectivity index (χ3n) is 1.65. The normalized spacial score (nSPS) is 15.7. The molecular formula is C9H11BrO2. The predicted molar refractivity (Wildman–Crippen MR) is 50.8 cm³/mol. The lowest BCUT2D eigenvalue weighted by Crippen LogP contribution is -2.13. The molecule has 12 heavy (non-hydrogen) atoms. The van der Waals surface area contributed by atoms with Crippen LogP contribution in [0.3, 0.4) is 0 Å². The molecule has 1 aromatic rings. The topological polar surface area (TPSA) is 40.5 Å². The van der Waals surface area contributed by atoms with Crippen molar-refractivity contribution in [3.05, 3.63) is 34.3 Å². The molecule has 1 rings (SSSR count). The van der Waals surface area contributed by atoms with Gasteiger partial charge in [0.25, 0.3) is 0 Å². The molecule has 1 aromatic carbocycles. The number of halogens is 1. The summed E-state index contributed by atoms with van der Waals surface area (Å²) in [5.74, 6) is 0. The molecule has 0 spiro atoms. The van der Waals surface area contributed by atoms with Crippen molar-refractivity contribution >= 4 is 15.9 Å². The Bertz CT molecular complexity index is 260. The van der Waals surface area contributed by atoms with Crippen molar-refractivity contribution < 1.29 is 10.2 Å². The van der Waals surface area contributed by atoms with E-state index >= 15 is 0 Å². The van der Waals surface area contributed by atoms with Gasteiger partial charge in [-0.2, -0.15) is 0 Å². The first-order valence-corrected chi connectivity index (χ1v) is 4.52. The van der Waals surface area contributed by atoms with Gasteiger partial charge in [-0.15, -0.1) is 0 Å². The van der Waals surface area contributed by atoms with Gasteiger partial charge in [-0.05, 0) is 24.6 Å². The molecule has 0 saturated heterocycles. The highest BCUT2D eigenvalue weighted by molar-refractivity contribution is 9.10. The van der Waals surface area contributed by atoms with Crippen LogP contribution < -0.4 is 0 Å². The summed E-state index contributed by atoms with van der Waals surface area (Å²) < 4.78 is 0.903. The van der Waals surface area contributed by atoms with Crippen LogP contribution in [-0.2, 0) is 0 Å². The first-order chi connectivity index (χ1) is 5.61. The van der Waals surface area contributed by atoms with Gasteiger partial charge < -0.3 is 10.2 Å². The predicted octanol–water partition coefficient (Wildman–Crippen LogP) is 1.86. The fourth-order valence-electron chi connectivity index (χ4n) is 0.969. The van der Waals surface area contributed by atoms with Gasteiger partial charge in [0.2, 0.25) is 0 Å². The summed E-state index contributed by atoms with van der Waals surface area (Å²) in [6, 6.07) is 7.27. The molecule has 2 atom stereocenters. The van der Waals surface area contributed by atoms with Gasteiger partial charge in [0, 0.05) is 4.47 Å². The Kier molecular flexibility index (Phi) is 3.26. The van der Waals surface area contributed by atoms with E-state index in [1.165, 1.54) is 0 Å². The Morgan fingerprint density at radius 1 is 1.33 bits per heavy atom. The zero-order chi connectivity index (χ0) is 9.14. The highest BCUT2D eigenvalue weighted by atomic mass is 79.9. The fourth-order valence-corrected chi connectivity index (χ4v) is 1.39. The second kappa shape index (κ2) is 4.03. The van der Waals surface area contributed by atoms with Gasteiger partial charge in [-0.25, -0.2) is 0 Å². The van der Waals surface area contributed by atoms with Gasteiger partial charge in [-0.3, -0.25) is 0 Å². The molecule has 0 bridgehead atoms. The number of hydrogen-bond acceptors (Lipinski definition) is 2. The van der Waals surface area contributed by atoms with Crippen molar-refractivity contribution in [1.29, 1.82) is 0 Å². The smallest absolute Gasteiger partial charge is 0.105 e. The zero-order valence-electron chi connectivity index (χ0n) is 6.74. The lowest BCUT2D eigenvalue weighted by atomic mass is 10.1. The summed E-state index contributed by atoms with van der Waals surface area (Å²) in [6.45, 7) is 1.56. The first kappa shape index (κ1) is 9.71. The number of aliphatic hydroxyl groups excluding tert-OH is 2. The SMILES string of the molecule is C[C@H](O)[C@H](O)c1cccc(Br)c1. The highest BCUT2D eigenvalue weighted by Gasteiger charge is 2.12. The molecule has 0 aliphatic heterocycles. The molecule has 0 heterocycles. The van der Waals surface area contributed by atoms with Crippen molar-refractivity contribution in [1.82, 2.24) is 0 Å². The molecule has 2 nitrogen and oxygen atoms in total. The Morgan fingerprint density at radius 2 is 2.00 bits per heavy atom. The number of hydrogen-bond donors (Lipinski definition) is 2. The molecule has 0 aliphatic rings. The minimum atomic E-state index is -0.803. The molecule has 0 unspecified atom stereocenters. The van der Waals surface area contributed by atoms with Crippen molar-refractivity contribution in [2.75, 3.05) is 0 Å².